The Morgan fingerprint density at radius 2 is 2.13 bits per heavy atom. The number of thioether (sulfide) groups is 1. The quantitative estimate of drug-likeness (QED) is 0.839. The average molecular weight is 259 g/mol. The van der Waals surface area contributed by atoms with E-state index in [0.717, 1.165) is 17.0 Å². The van der Waals surface area contributed by atoms with Crippen LogP contribution in [0, 0.1) is 0 Å². The summed E-state index contributed by atoms with van der Waals surface area (Å²) in [6, 6.07) is 5.34. The summed E-state index contributed by atoms with van der Waals surface area (Å²) in [7, 11) is 0. The Bertz CT molecular complexity index is 455. The van der Waals surface area contributed by atoms with Crippen molar-refractivity contribution in [2.75, 3.05) is 5.75 Å². The molecule has 0 unspecified atom stereocenters. The summed E-state index contributed by atoms with van der Waals surface area (Å²) in [4.78, 5) is 4.23. The largest absolute Gasteiger partial charge is 0.378 e. The minimum atomic E-state index is 0.568. The monoisotopic (exact) mass is 258 g/mol. The molecule has 1 aliphatic rings. The van der Waals surface area contributed by atoms with Gasteiger partial charge in [-0.25, -0.2) is 4.99 Å². The van der Waals surface area contributed by atoms with Gasteiger partial charge in [-0.15, -0.1) is 0 Å². The lowest BCUT2D eigenvalue weighted by molar-refractivity contribution is 1.46. The smallest absolute Gasteiger partial charge is 0.159 e. The number of halogens is 2. The molecule has 0 aliphatic carbocycles. The van der Waals surface area contributed by atoms with Gasteiger partial charge in [-0.1, -0.05) is 35.0 Å². The Hall–Kier alpha value is -0.640. The van der Waals surface area contributed by atoms with E-state index in [2.05, 4.69) is 4.99 Å². The van der Waals surface area contributed by atoms with E-state index in [1.165, 1.54) is 11.8 Å². The van der Waals surface area contributed by atoms with E-state index in [9.17, 15) is 0 Å². The van der Waals surface area contributed by atoms with Crippen LogP contribution in [0.1, 0.15) is 5.56 Å². The Kier molecular flexibility index (Phi) is 3.24. The molecule has 1 aromatic carbocycles. The topological polar surface area (TPSA) is 38.4 Å². The van der Waals surface area contributed by atoms with E-state index < -0.39 is 0 Å². The predicted octanol–water partition coefficient (Wildman–Crippen LogP) is 3.40. The lowest BCUT2D eigenvalue weighted by Gasteiger charge is -2.10. The molecular weight excluding hydrogens is 251 g/mol. The number of aliphatic imine (C=N–C) groups is 1. The maximum absolute atomic E-state index is 6.07. The van der Waals surface area contributed by atoms with Gasteiger partial charge in [0.1, 0.15) is 0 Å². The highest BCUT2D eigenvalue weighted by Crippen LogP contribution is 2.30. The van der Waals surface area contributed by atoms with E-state index in [1.54, 1.807) is 12.1 Å². The molecule has 1 aliphatic heterocycles. The highest BCUT2D eigenvalue weighted by Gasteiger charge is 2.10. The van der Waals surface area contributed by atoms with E-state index in [1.807, 2.05) is 12.1 Å². The van der Waals surface area contributed by atoms with Crippen LogP contribution < -0.4 is 5.73 Å². The highest BCUT2D eigenvalue weighted by atomic mass is 35.5. The SMILES string of the molecule is NC1=NC(c2ccc(Cl)cc2Cl)=CCS1. The fourth-order valence-corrected chi connectivity index (χ4v) is 2.35. The molecule has 2 N–H and O–H groups in total. The molecule has 78 valence electrons. The van der Waals surface area contributed by atoms with E-state index in [-0.39, 0.29) is 0 Å². The van der Waals surface area contributed by atoms with Crippen molar-refractivity contribution in [1.29, 1.82) is 0 Å². The van der Waals surface area contributed by atoms with Gasteiger partial charge in [-0.05, 0) is 24.3 Å². The molecule has 0 atom stereocenters. The van der Waals surface area contributed by atoms with E-state index >= 15 is 0 Å². The molecule has 1 aromatic rings. The van der Waals surface area contributed by atoms with Gasteiger partial charge in [-0.3, -0.25) is 0 Å². The van der Waals surface area contributed by atoms with Crippen LogP contribution >= 0.6 is 35.0 Å². The number of rotatable bonds is 1. The molecule has 2 nitrogen and oxygen atoms in total. The zero-order valence-electron chi connectivity index (χ0n) is 7.71. The van der Waals surface area contributed by atoms with Gasteiger partial charge in [0.05, 0.1) is 10.7 Å². The summed E-state index contributed by atoms with van der Waals surface area (Å²) in [5.74, 6) is 0.823. The Labute approximate surface area is 102 Å². The van der Waals surface area contributed by atoms with E-state index in [0.29, 0.717) is 15.2 Å². The van der Waals surface area contributed by atoms with Crippen molar-refractivity contribution in [2.24, 2.45) is 10.7 Å². The summed E-state index contributed by atoms with van der Waals surface area (Å²) in [5.41, 5.74) is 7.32. The number of nitrogens with zero attached hydrogens (tertiary/aromatic N) is 1. The predicted molar refractivity (Wildman–Crippen MR) is 68.5 cm³/mol. The third-order valence-corrected chi connectivity index (χ3v) is 3.21. The summed E-state index contributed by atoms with van der Waals surface area (Å²) in [6.45, 7) is 0. The second-order valence-electron chi connectivity index (χ2n) is 2.97. The van der Waals surface area contributed by atoms with Crippen LogP contribution in [0.15, 0.2) is 29.3 Å². The molecule has 0 aromatic heterocycles. The Morgan fingerprint density at radius 1 is 1.33 bits per heavy atom. The third-order valence-electron chi connectivity index (χ3n) is 1.95. The van der Waals surface area contributed by atoms with Crippen molar-refractivity contribution in [3.05, 3.63) is 39.9 Å². The molecule has 0 fully saturated rings. The average Bonchev–Trinajstić information content (AvgIpc) is 2.17. The lowest BCUT2D eigenvalue weighted by atomic mass is 10.1. The molecule has 1 heterocycles. The first-order valence-corrected chi connectivity index (χ1v) is 6.03. The fraction of sp³-hybridized carbons (Fsp3) is 0.100. The summed E-state index contributed by atoms with van der Waals surface area (Å²) < 4.78 is 0. The first-order valence-electron chi connectivity index (χ1n) is 4.29. The van der Waals surface area contributed by atoms with Crippen LogP contribution in [-0.4, -0.2) is 10.9 Å². The third kappa shape index (κ3) is 2.48. The molecular formula is C10H8Cl2N2S. The maximum atomic E-state index is 6.07. The molecule has 5 heteroatoms. The summed E-state index contributed by atoms with van der Waals surface area (Å²) in [6.07, 6.45) is 2.00. The van der Waals surface area contributed by atoms with Crippen molar-refractivity contribution in [3.8, 4) is 0 Å². The number of hydrogen-bond acceptors (Lipinski definition) is 3. The van der Waals surface area contributed by atoms with Crippen LogP contribution in [0.2, 0.25) is 10.0 Å². The number of hydrogen-bond donors (Lipinski definition) is 1. The molecule has 0 spiro atoms. The van der Waals surface area contributed by atoms with Crippen molar-refractivity contribution >= 4 is 45.8 Å². The lowest BCUT2D eigenvalue weighted by Crippen LogP contribution is -2.10. The first kappa shape index (κ1) is 10.9. The van der Waals surface area contributed by atoms with Crippen LogP contribution in [-0.2, 0) is 0 Å². The summed E-state index contributed by atoms with van der Waals surface area (Å²) >= 11 is 13.4. The van der Waals surface area contributed by atoms with Crippen molar-refractivity contribution in [1.82, 2.24) is 0 Å². The Morgan fingerprint density at radius 3 is 2.80 bits per heavy atom. The van der Waals surface area contributed by atoms with Gasteiger partial charge in [0.2, 0.25) is 0 Å². The van der Waals surface area contributed by atoms with E-state index in [4.69, 9.17) is 28.9 Å². The van der Waals surface area contributed by atoms with Crippen LogP contribution in [0.4, 0.5) is 0 Å². The number of benzene rings is 1. The molecule has 15 heavy (non-hydrogen) atoms. The normalized spacial score (nSPS) is 15.9. The van der Waals surface area contributed by atoms with Crippen molar-refractivity contribution in [2.45, 2.75) is 0 Å². The van der Waals surface area contributed by atoms with Gasteiger partial charge in [-0.2, -0.15) is 0 Å². The van der Waals surface area contributed by atoms with Gasteiger partial charge in [0, 0.05) is 16.3 Å². The fourth-order valence-electron chi connectivity index (χ4n) is 1.27. The van der Waals surface area contributed by atoms with Crippen LogP contribution in [0.3, 0.4) is 0 Å². The minimum absolute atomic E-state index is 0.568. The summed E-state index contributed by atoms with van der Waals surface area (Å²) in [5, 5.41) is 1.78. The van der Waals surface area contributed by atoms with Gasteiger partial charge < -0.3 is 5.73 Å². The van der Waals surface area contributed by atoms with Gasteiger partial charge in [0.25, 0.3) is 0 Å². The van der Waals surface area contributed by atoms with Crippen LogP contribution in [0.25, 0.3) is 5.70 Å². The minimum Gasteiger partial charge on any atom is -0.378 e. The number of amidine groups is 1. The highest BCUT2D eigenvalue weighted by molar-refractivity contribution is 8.14. The Balaban J connectivity index is 2.42. The molecule has 0 saturated heterocycles. The van der Waals surface area contributed by atoms with Crippen molar-refractivity contribution in [3.63, 3.8) is 0 Å². The molecule has 2 rings (SSSR count). The zero-order valence-corrected chi connectivity index (χ0v) is 10.0. The second kappa shape index (κ2) is 4.47. The first-order chi connectivity index (χ1) is 7.16. The molecule has 0 bridgehead atoms. The molecule has 0 radical (unpaired) electrons. The molecule has 0 amide bonds. The number of nitrogens with two attached hydrogens (primary N) is 1. The van der Waals surface area contributed by atoms with Crippen LogP contribution in [0.5, 0.6) is 0 Å². The standard InChI is InChI=1S/C10H8Cl2N2S/c11-6-1-2-7(8(12)5-6)9-3-4-15-10(13)14-9/h1-3,5H,4H2,(H2,13,14). The maximum Gasteiger partial charge on any atom is 0.159 e. The second-order valence-corrected chi connectivity index (χ2v) is 4.86. The van der Waals surface area contributed by atoms with Gasteiger partial charge in [0.15, 0.2) is 5.17 Å². The molecule has 0 saturated carbocycles. The van der Waals surface area contributed by atoms with Crippen molar-refractivity contribution < 1.29 is 0 Å². The van der Waals surface area contributed by atoms with Gasteiger partial charge >= 0.3 is 0 Å². The zero-order chi connectivity index (χ0) is 10.8.